The molecule has 9 nitrogen and oxygen atoms in total. The second kappa shape index (κ2) is 11.9. The third-order valence-electron chi connectivity index (χ3n) is 7.60. The summed E-state index contributed by atoms with van der Waals surface area (Å²) in [6.07, 6.45) is 4.74. The predicted molar refractivity (Wildman–Crippen MR) is 155 cm³/mol. The Labute approximate surface area is 238 Å². The summed E-state index contributed by atoms with van der Waals surface area (Å²) < 4.78 is 24.0. The number of rotatable bonds is 8. The number of piperazine rings is 1. The highest BCUT2D eigenvalue weighted by atomic mass is 35.5. The Hall–Kier alpha value is -3.55. The molecular formula is C30H32ClN5O4. The first-order valence-electron chi connectivity index (χ1n) is 13.7. The minimum absolute atomic E-state index is 0.0166. The summed E-state index contributed by atoms with van der Waals surface area (Å²) in [5, 5.41) is 15.5. The number of hydrogen-bond donors (Lipinski definition) is 1. The molecule has 2 aromatic carbocycles. The summed E-state index contributed by atoms with van der Waals surface area (Å²) in [5.41, 5.74) is 2.97. The van der Waals surface area contributed by atoms with Gasteiger partial charge in [0, 0.05) is 69.3 Å². The fraction of sp³-hybridized carbons (Fsp3) is 0.400. The minimum Gasteiger partial charge on any atom is -0.492 e. The average Bonchev–Trinajstić information content (AvgIpc) is 3.45. The van der Waals surface area contributed by atoms with E-state index in [4.69, 9.17) is 30.2 Å². The highest BCUT2D eigenvalue weighted by Gasteiger charge is 2.22. The lowest BCUT2D eigenvalue weighted by Gasteiger charge is -2.32. The molecule has 10 heteroatoms. The molecule has 0 aliphatic carbocycles. The van der Waals surface area contributed by atoms with E-state index >= 15 is 0 Å². The van der Waals surface area contributed by atoms with Crippen molar-refractivity contribution in [2.45, 2.75) is 18.9 Å². The van der Waals surface area contributed by atoms with Gasteiger partial charge in [-0.25, -0.2) is 0 Å². The van der Waals surface area contributed by atoms with Crippen molar-refractivity contribution in [1.29, 1.82) is 5.26 Å². The number of nitriles is 1. The standard InChI is InChI=1S/C30H32ClN5O4/c1-35-7-9-36(10-8-35)11-15-38-22-16-25-28(27(17-22)40-21-4-12-37-13-5-21)29(20(18-32)19-33-25)34-30-23-6-14-39-26(23)3-2-24(30)31/h2-3,6,14,16-17,19,21H,4-5,7-13,15H2,1H3,(H,33,34). The SMILES string of the molecule is CN1CCN(CCOc2cc(OC3CCOCC3)c3c(Nc4c(Cl)ccc5occc45)c(C#N)cnc3c2)CC1. The minimum atomic E-state index is -0.0166. The van der Waals surface area contributed by atoms with Crippen molar-refractivity contribution in [1.82, 2.24) is 14.8 Å². The van der Waals surface area contributed by atoms with Crippen LogP contribution in [-0.4, -0.2) is 80.5 Å². The lowest BCUT2D eigenvalue weighted by Crippen LogP contribution is -2.45. The maximum atomic E-state index is 10.1. The summed E-state index contributed by atoms with van der Waals surface area (Å²) in [6, 6.07) is 11.5. The van der Waals surface area contributed by atoms with Gasteiger partial charge >= 0.3 is 0 Å². The highest BCUT2D eigenvalue weighted by Crippen LogP contribution is 2.42. The van der Waals surface area contributed by atoms with Gasteiger partial charge < -0.3 is 28.8 Å². The molecule has 2 aliphatic rings. The van der Waals surface area contributed by atoms with Gasteiger partial charge in [-0.3, -0.25) is 9.88 Å². The largest absolute Gasteiger partial charge is 0.492 e. The monoisotopic (exact) mass is 561 g/mol. The van der Waals surface area contributed by atoms with E-state index in [0.29, 0.717) is 69.8 Å². The van der Waals surface area contributed by atoms with E-state index in [1.54, 1.807) is 18.5 Å². The van der Waals surface area contributed by atoms with E-state index < -0.39 is 0 Å². The number of fused-ring (bicyclic) bond motifs is 2. The van der Waals surface area contributed by atoms with Gasteiger partial charge in [0.15, 0.2) is 0 Å². The highest BCUT2D eigenvalue weighted by molar-refractivity contribution is 6.35. The molecule has 2 aromatic heterocycles. The molecule has 208 valence electrons. The number of pyridine rings is 1. The van der Waals surface area contributed by atoms with Crippen molar-refractivity contribution < 1.29 is 18.6 Å². The quantitative estimate of drug-likeness (QED) is 0.302. The number of nitrogens with one attached hydrogen (secondary N) is 1. The molecule has 2 fully saturated rings. The maximum absolute atomic E-state index is 10.1. The first-order valence-corrected chi connectivity index (χ1v) is 14.0. The van der Waals surface area contributed by atoms with E-state index in [1.807, 2.05) is 24.3 Å². The molecule has 0 saturated carbocycles. The summed E-state index contributed by atoms with van der Waals surface area (Å²) in [6.45, 7) is 6.91. The lowest BCUT2D eigenvalue weighted by molar-refractivity contribution is 0.0261. The van der Waals surface area contributed by atoms with Gasteiger partial charge in [0.25, 0.3) is 0 Å². The third kappa shape index (κ3) is 5.67. The molecule has 0 atom stereocenters. The molecule has 0 bridgehead atoms. The van der Waals surface area contributed by atoms with Crippen LogP contribution in [0.25, 0.3) is 21.9 Å². The van der Waals surface area contributed by atoms with E-state index in [9.17, 15) is 5.26 Å². The topological polar surface area (TPSA) is 96.0 Å². The lowest BCUT2D eigenvalue weighted by atomic mass is 10.1. The van der Waals surface area contributed by atoms with Crippen molar-refractivity contribution >= 4 is 44.8 Å². The Morgan fingerprint density at radius 1 is 1.12 bits per heavy atom. The number of hydrogen-bond acceptors (Lipinski definition) is 9. The van der Waals surface area contributed by atoms with Crippen LogP contribution < -0.4 is 14.8 Å². The number of halogens is 1. The van der Waals surface area contributed by atoms with Crippen LogP contribution in [0.4, 0.5) is 11.4 Å². The molecule has 6 rings (SSSR count). The van der Waals surface area contributed by atoms with Gasteiger partial charge in [-0.15, -0.1) is 0 Å². The molecule has 4 heterocycles. The number of anilines is 2. The molecule has 40 heavy (non-hydrogen) atoms. The number of benzene rings is 2. The average molecular weight is 562 g/mol. The van der Waals surface area contributed by atoms with Crippen LogP contribution in [0.1, 0.15) is 18.4 Å². The van der Waals surface area contributed by atoms with Gasteiger partial charge in [0.05, 0.1) is 52.3 Å². The van der Waals surface area contributed by atoms with Crippen molar-refractivity contribution in [3.05, 3.63) is 53.4 Å². The van der Waals surface area contributed by atoms with Gasteiger partial charge in [-0.1, -0.05) is 11.6 Å². The van der Waals surface area contributed by atoms with Crippen molar-refractivity contribution in [3.63, 3.8) is 0 Å². The van der Waals surface area contributed by atoms with Crippen LogP contribution in [0.2, 0.25) is 5.02 Å². The van der Waals surface area contributed by atoms with Gasteiger partial charge in [0.1, 0.15) is 35.9 Å². The first kappa shape index (κ1) is 26.7. The molecular weight excluding hydrogens is 530 g/mol. The Kier molecular flexibility index (Phi) is 7.93. The number of aromatic nitrogens is 1. The number of nitrogens with zero attached hydrogens (tertiary/aromatic N) is 4. The first-order chi connectivity index (χ1) is 19.6. The zero-order valence-corrected chi connectivity index (χ0v) is 23.2. The van der Waals surface area contributed by atoms with Gasteiger partial charge in [-0.05, 0) is 25.2 Å². The molecule has 0 spiro atoms. The molecule has 0 unspecified atom stereocenters. The zero-order valence-electron chi connectivity index (χ0n) is 22.5. The van der Waals surface area contributed by atoms with Crippen LogP contribution in [0.15, 0.2) is 47.2 Å². The van der Waals surface area contributed by atoms with E-state index in [-0.39, 0.29) is 6.10 Å². The second-order valence-electron chi connectivity index (χ2n) is 10.3. The van der Waals surface area contributed by atoms with Crippen molar-refractivity contribution in [3.8, 4) is 17.6 Å². The zero-order chi connectivity index (χ0) is 27.5. The van der Waals surface area contributed by atoms with Gasteiger partial charge in [0.2, 0.25) is 0 Å². The Balaban J connectivity index is 1.37. The van der Waals surface area contributed by atoms with Crippen LogP contribution >= 0.6 is 11.6 Å². The molecule has 1 N–H and O–H groups in total. The van der Waals surface area contributed by atoms with Gasteiger partial charge in [-0.2, -0.15) is 5.26 Å². The second-order valence-corrected chi connectivity index (χ2v) is 10.7. The van der Waals surface area contributed by atoms with Crippen molar-refractivity contribution in [2.75, 3.05) is 64.9 Å². The third-order valence-corrected chi connectivity index (χ3v) is 7.91. The maximum Gasteiger partial charge on any atom is 0.136 e. The van der Waals surface area contributed by atoms with E-state index in [0.717, 1.165) is 51.0 Å². The van der Waals surface area contributed by atoms with E-state index in [1.165, 1.54) is 0 Å². The summed E-state index contributed by atoms with van der Waals surface area (Å²) in [7, 11) is 2.15. The van der Waals surface area contributed by atoms with Crippen LogP contribution in [0.3, 0.4) is 0 Å². The number of furan rings is 1. The summed E-state index contributed by atoms with van der Waals surface area (Å²) >= 11 is 6.63. The fourth-order valence-corrected chi connectivity index (χ4v) is 5.47. The molecule has 0 radical (unpaired) electrons. The smallest absolute Gasteiger partial charge is 0.136 e. The number of ether oxygens (including phenoxy) is 3. The van der Waals surface area contributed by atoms with Crippen LogP contribution in [-0.2, 0) is 4.74 Å². The summed E-state index contributed by atoms with van der Waals surface area (Å²) in [4.78, 5) is 9.39. The Morgan fingerprint density at radius 3 is 2.75 bits per heavy atom. The molecule has 4 aromatic rings. The molecule has 2 aliphatic heterocycles. The Morgan fingerprint density at radius 2 is 1.95 bits per heavy atom. The number of likely N-dealkylation sites (N-methyl/N-ethyl adjacent to an activating group) is 1. The van der Waals surface area contributed by atoms with Crippen LogP contribution in [0.5, 0.6) is 11.5 Å². The fourth-order valence-electron chi connectivity index (χ4n) is 5.26. The normalized spacial score (nSPS) is 17.2. The molecule has 0 amide bonds. The van der Waals surface area contributed by atoms with E-state index in [2.05, 4.69) is 33.2 Å². The van der Waals surface area contributed by atoms with Crippen LogP contribution in [0, 0.1) is 11.3 Å². The van der Waals surface area contributed by atoms with Crippen molar-refractivity contribution in [2.24, 2.45) is 0 Å². The predicted octanol–water partition coefficient (Wildman–Crippen LogP) is 5.43. The Bertz CT molecular complexity index is 1540. The summed E-state index contributed by atoms with van der Waals surface area (Å²) in [5.74, 6) is 1.29. The molecule has 2 saturated heterocycles.